The summed E-state index contributed by atoms with van der Waals surface area (Å²) in [5, 5.41) is 14.8. The lowest BCUT2D eigenvalue weighted by atomic mass is 10.1. The number of para-hydroxylation sites is 1. The number of hydrogen-bond acceptors (Lipinski definition) is 7. The fourth-order valence-electron chi connectivity index (χ4n) is 2.73. The molecule has 0 saturated heterocycles. The zero-order valence-corrected chi connectivity index (χ0v) is 15.3. The lowest BCUT2D eigenvalue weighted by molar-refractivity contribution is 0.415. The van der Waals surface area contributed by atoms with E-state index in [9.17, 15) is 0 Å². The average Bonchev–Trinajstić information content (AvgIpc) is 3.21. The summed E-state index contributed by atoms with van der Waals surface area (Å²) in [5.41, 5.74) is 3.69. The van der Waals surface area contributed by atoms with E-state index in [4.69, 9.17) is 9.15 Å². The van der Waals surface area contributed by atoms with Crippen LogP contribution in [0.1, 0.15) is 5.56 Å². The molecule has 2 aromatic carbocycles. The molecule has 140 valence electrons. The van der Waals surface area contributed by atoms with E-state index in [0.29, 0.717) is 18.5 Å². The molecule has 0 spiro atoms. The van der Waals surface area contributed by atoms with Gasteiger partial charge in [-0.15, -0.1) is 5.10 Å². The minimum Gasteiger partial charge on any atom is -0.497 e. The molecule has 0 aliphatic rings. The van der Waals surface area contributed by atoms with Gasteiger partial charge in [0, 0.05) is 36.4 Å². The quantitative estimate of drug-likeness (QED) is 0.493. The second-order valence-corrected chi connectivity index (χ2v) is 6.02. The van der Waals surface area contributed by atoms with Crippen LogP contribution in [0.4, 0.5) is 17.4 Å². The van der Waals surface area contributed by atoms with Crippen LogP contribution >= 0.6 is 0 Å². The molecule has 4 rings (SSSR count). The molecule has 2 aromatic heterocycles. The predicted octanol–water partition coefficient (Wildman–Crippen LogP) is 4.50. The fraction of sp³-hybridized carbons (Fsp3) is 0.0952. The summed E-state index contributed by atoms with van der Waals surface area (Å²) < 4.78 is 11.0. The van der Waals surface area contributed by atoms with Gasteiger partial charge in [-0.05, 0) is 42.0 Å². The largest absolute Gasteiger partial charge is 0.497 e. The third-order valence-electron chi connectivity index (χ3n) is 4.14. The maximum atomic E-state index is 5.82. The number of hydrogen-bond donors (Lipinski definition) is 2. The normalized spacial score (nSPS) is 10.5. The first-order valence-corrected chi connectivity index (χ1v) is 8.78. The molecule has 7 nitrogen and oxygen atoms in total. The number of nitrogens with one attached hydrogen (secondary N) is 2. The van der Waals surface area contributed by atoms with Crippen molar-refractivity contribution in [2.45, 2.75) is 6.54 Å². The van der Waals surface area contributed by atoms with Crippen LogP contribution in [0.3, 0.4) is 0 Å². The third-order valence-corrected chi connectivity index (χ3v) is 4.14. The molecule has 0 unspecified atom stereocenters. The van der Waals surface area contributed by atoms with Crippen LogP contribution in [0.2, 0.25) is 0 Å². The zero-order valence-electron chi connectivity index (χ0n) is 15.3. The molecular formula is C21H19N5O2. The van der Waals surface area contributed by atoms with Crippen molar-refractivity contribution in [3.8, 4) is 17.2 Å². The number of pyridine rings is 1. The third kappa shape index (κ3) is 4.09. The topological polar surface area (TPSA) is 85.1 Å². The first-order valence-electron chi connectivity index (χ1n) is 8.78. The van der Waals surface area contributed by atoms with E-state index in [1.165, 1.54) is 0 Å². The number of nitrogens with zero attached hydrogens (tertiary/aromatic N) is 3. The van der Waals surface area contributed by atoms with E-state index < -0.39 is 0 Å². The molecule has 0 bridgehead atoms. The summed E-state index contributed by atoms with van der Waals surface area (Å²) >= 11 is 0. The van der Waals surface area contributed by atoms with Crippen molar-refractivity contribution in [2.24, 2.45) is 0 Å². The predicted molar refractivity (Wildman–Crippen MR) is 108 cm³/mol. The lowest BCUT2D eigenvalue weighted by Gasteiger charge is -2.09. The van der Waals surface area contributed by atoms with Crippen LogP contribution in [0.15, 0.2) is 77.5 Å². The molecule has 2 N–H and O–H groups in total. The summed E-state index contributed by atoms with van der Waals surface area (Å²) in [6.45, 7) is 0.669. The van der Waals surface area contributed by atoms with Gasteiger partial charge in [0.25, 0.3) is 5.89 Å². The highest BCUT2D eigenvalue weighted by Crippen LogP contribution is 2.29. The minimum absolute atomic E-state index is 0.312. The van der Waals surface area contributed by atoms with Gasteiger partial charge in [-0.3, -0.25) is 4.98 Å². The van der Waals surface area contributed by atoms with Crippen molar-refractivity contribution >= 4 is 17.4 Å². The van der Waals surface area contributed by atoms with E-state index in [1.54, 1.807) is 19.5 Å². The standard InChI is InChI=1S/C21H19N5O2/c1-27-17-6-4-5-16(13-17)24-21-26-25-20(28-21)18-7-2-3-8-19(18)23-14-15-9-11-22-12-10-15/h2-13,23H,14H2,1H3,(H,24,26). The molecule has 0 atom stereocenters. The smallest absolute Gasteiger partial charge is 0.320 e. The molecule has 7 heteroatoms. The highest BCUT2D eigenvalue weighted by molar-refractivity contribution is 5.72. The van der Waals surface area contributed by atoms with E-state index >= 15 is 0 Å². The van der Waals surface area contributed by atoms with Gasteiger partial charge in [0.2, 0.25) is 0 Å². The first-order chi connectivity index (χ1) is 13.8. The van der Waals surface area contributed by atoms with Gasteiger partial charge >= 0.3 is 6.01 Å². The molecule has 0 amide bonds. The Hall–Kier alpha value is -3.87. The Bertz CT molecular complexity index is 1050. The monoisotopic (exact) mass is 373 g/mol. The second kappa shape index (κ2) is 8.22. The Kier molecular flexibility index (Phi) is 5.15. The fourth-order valence-corrected chi connectivity index (χ4v) is 2.73. The second-order valence-electron chi connectivity index (χ2n) is 6.02. The number of ether oxygens (including phenoxy) is 1. The summed E-state index contributed by atoms with van der Waals surface area (Å²) in [6, 6.07) is 19.6. The van der Waals surface area contributed by atoms with Gasteiger partial charge in [0.15, 0.2) is 0 Å². The van der Waals surface area contributed by atoms with Crippen LogP contribution in [0, 0.1) is 0 Å². The first kappa shape index (κ1) is 17.5. The molecule has 4 aromatic rings. The molecule has 0 fully saturated rings. The number of benzene rings is 2. The van der Waals surface area contributed by atoms with Gasteiger partial charge in [-0.25, -0.2) is 0 Å². The maximum Gasteiger partial charge on any atom is 0.320 e. The molecule has 0 aliphatic heterocycles. The van der Waals surface area contributed by atoms with Crippen molar-refractivity contribution < 1.29 is 9.15 Å². The maximum absolute atomic E-state index is 5.82. The molecule has 0 saturated carbocycles. The van der Waals surface area contributed by atoms with Gasteiger partial charge in [-0.2, -0.15) is 0 Å². The number of aromatic nitrogens is 3. The van der Waals surface area contributed by atoms with Gasteiger partial charge < -0.3 is 19.8 Å². The van der Waals surface area contributed by atoms with Crippen LogP contribution in [-0.2, 0) is 6.54 Å². The van der Waals surface area contributed by atoms with Crippen LogP contribution < -0.4 is 15.4 Å². The van der Waals surface area contributed by atoms with Gasteiger partial charge in [-0.1, -0.05) is 23.3 Å². The van der Waals surface area contributed by atoms with Crippen molar-refractivity contribution in [2.75, 3.05) is 17.7 Å². The SMILES string of the molecule is COc1cccc(Nc2nnc(-c3ccccc3NCc3ccncc3)o2)c1. The summed E-state index contributed by atoms with van der Waals surface area (Å²) in [7, 11) is 1.62. The lowest BCUT2D eigenvalue weighted by Crippen LogP contribution is -2.01. The molecule has 0 aliphatic carbocycles. The summed E-state index contributed by atoms with van der Waals surface area (Å²) in [4.78, 5) is 4.04. The molecular weight excluding hydrogens is 354 g/mol. The van der Waals surface area contributed by atoms with Crippen LogP contribution in [0.5, 0.6) is 5.75 Å². The Morgan fingerprint density at radius 2 is 1.82 bits per heavy atom. The summed E-state index contributed by atoms with van der Waals surface area (Å²) in [6.07, 6.45) is 3.55. The van der Waals surface area contributed by atoms with E-state index in [-0.39, 0.29) is 0 Å². The van der Waals surface area contributed by atoms with Gasteiger partial charge in [0.05, 0.1) is 12.7 Å². The minimum atomic E-state index is 0.312. The van der Waals surface area contributed by atoms with E-state index in [0.717, 1.165) is 28.3 Å². The Labute approximate surface area is 162 Å². The van der Waals surface area contributed by atoms with Crippen LogP contribution in [0.25, 0.3) is 11.5 Å². The Morgan fingerprint density at radius 3 is 2.68 bits per heavy atom. The molecule has 28 heavy (non-hydrogen) atoms. The summed E-state index contributed by atoms with van der Waals surface area (Å²) in [5.74, 6) is 1.18. The molecule has 2 heterocycles. The van der Waals surface area contributed by atoms with E-state index in [1.807, 2.05) is 60.7 Å². The average molecular weight is 373 g/mol. The van der Waals surface area contributed by atoms with Gasteiger partial charge in [0.1, 0.15) is 5.75 Å². The van der Waals surface area contributed by atoms with Crippen LogP contribution in [-0.4, -0.2) is 22.3 Å². The number of rotatable bonds is 7. The van der Waals surface area contributed by atoms with Crippen molar-refractivity contribution in [1.82, 2.24) is 15.2 Å². The number of anilines is 3. The van der Waals surface area contributed by atoms with Crippen molar-refractivity contribution in [3.63, 3.8) is 0 Å². The Morgan fingerprint density at radius 1 is 0.964 bits per heavy atom. The highest BCUT2D eigenvalue weighted by Gasteiger charge is 2.13. The highest BCUT2D eigenvalue weighted by atomic mass is 16.5. The van der Waals surface area contributed by atoms with Crippen molar-refractivity contribution in [1.29, 1.82) is 0 Å². The van der Waals surface area contributed by atoms with E-state index in [2.05, 4.69) is 25.8 Å². The Balaban J connectivity index is 1.52. The zero-order chi connectivity index (χ0) is 19.2. The number of methoxy groups -OCH3 is 1. The molecule has 0 radical (unpaired) electrons. The van der Waals surface area contributed by atoms with Crippen molar-refractivity contribution in [3.05, 3.63) is 78.6 Å².